The summed E-state index contributed by atoms with van der Waals surface area (Å²) in [7, 11) is 1.65. The Kier molecular flexibility index (Phi) is 9.41. The van der Waals surface area contributed by atoms with Gasteiger partial charge < -0.3 is 24.0 Å². The van der Waals surface area contributed by atoms with E-state index in [1.165, 1.54) is 0 Å². The van der Waals surface area contributed by atoms with E-state index in [1.54, 1.807) is 36.3 Å². The molecule has 1 aromatic heterocycles. The van der Waals surface area contributed by atoms with Crippen molar-refractivity contribution in [2.75, 3.05) is 33.4 Å². The number of hydrogen-bond donors (Lipinski definition) is 0. The molecule has 1 fully saturated rings. The number of methoxy groups -OCH3 is 1. The van der Waals surface area contributed by atoms with Gasteiger partial charge in [0.1, 0.15) is 17.0 Å². The summed E-state index contributed by atoms with van der Waals surface area (Å²) in [5, 5.41) is 1.32. The Labute approximate surface area is 218 Å². The normalized spacial score (nSPS) is 16.3. The monoisotopic (exact) mass is 519 g/mol. The van der Waals surface area contributed by atoms with Gasteiger partial charge in [-0.2, -0.15) is 0 Å². The van der Waals surface area contributed by atoms with Gasteiger partial charge >= 0.3 is 6.09 Å². The highest BCUT2D eigenvalue weighted by molar-refractivity contribution is 6.31. The van der Waals surface area contributed by atoms with E-state index >= 15 is 0 Å². The van der Waals surface area contributed by atoms with E-state index in [9.17, 15) is 9.59 Å². The van der Waals surface area contributed by atoms with Gasteiger partial charge in [0.15, 0.2) is 0 Å². The Hall–Kier alpha value is -2.58. The van der Waals surface area contributed by atoms with Crippen molar-refractivity contribution >= 4 is 34.5 Å². The summed E-state index contributed by atoms with van der Waals surface area (Å²) in [6.07, 6.45) is 1.95. The molecule has 0 unspecified atom stereocenters. The van der Waals surface area contributed by atoms with Crippen LogP contribution in [0, 0.1) is 0 Å². The van der Waals surface area contributed by atoms with Crippen molar-refractivity contribution in [3.05, 3.63) is 35.0 Å². The number of rotatable bonds is 8. The van der Waals surface area contributed by atoms with Crippen LogP contribution in [0.15, 0.2) is 24.3 Å². The van der Waals surface area contributed by atoms with Crippen molar-refractivity contribution in [1.29, 1.82) is 0 Å². The van der Waals surface area contributed by atoms with E-state index in [0.29, 0.717) is 54.7 Å². The van der Waals surface area contributed by atoms with E-state index in [4.69, 9.17) is 25.8 Å². The number of halogens is 1. The van der Waals surface area contributed by atoms with Crippen LogP contribution in [-0.2, 0) is 9.47 Å². The molecule has 0 bridgehead atoms. The number of carbonyl (C=O) groups is 2. The molecular weight excluding hydrogens is 482 g/mol. The summed E-state index contributed by atoms with van der Waals surface area (Å²) in [5.74, 6) is 0.365. The highest BCUT2D eigenvalue weighted by Gasteiger charge is 2.35. The van der Waals surface area contributed by atoms with Crippen LogP contribution in [0.1, 0.15) is 64.4 Å². The van der Waals surface area contributed by atoms with Crippen LogP contribution in [0.2, 0.25) is 5.02 Å². The van der Waals surface area contributed by atoms with E-state index in [0.717, 1.165) is 18.2 Å². The number of fused-ring (bicyclic) bond motifs is 1. The topological polar surface area (TPSA) is 81.2 Å². The average molecular weight is 520 g/mol. The lowest BCUT2D eigenvalue weighted by Gasteiger charge is -2.41. The lowest BCUT2D eigenvalue weighted by Crippen LogP contribution is -2.54. The predicted molar refractivity (Wildman–Crippen MR) is 141 cm³/mol. The number of hydrogen-bond acceptors (Lipinski definition) is 6. The summed E-state index contributed by atoms with van der Waals surface area (Å²) in [4.78, 5) is 34.8. The van der Waals surface area contributed by atoms with Gasteiger partial charge in [-0.15, -0.1) is 0 Å². The standard InChI is InChI=1S/C27H38ClN3O5/c1-18(2)31(20-9-7-12-30(17-20)26(33)36-27(3,4)5)25(32)23-16-24(35-14-8-13-34-6)21-15-19(28)10-11-22(21)29-23/h10-11,15-16,18,20H,7-9,12-14,17H2,1-6H3/t20-/m1/s1. The molecular formula is C27H38ClN3O5. The Morgan fingerprint density at radius 1 is 1.22 bits per heavy atom. The summed E-state index contributed by atoms with van der Waals surface area (Å²) >= 11 is 6.23. The molecule has 0 radical (unpaired) electrons. The lowest BCUT2D eigenvalue weighted by atomic mass is 10.0. The Bertz CT molecular complexity index is 1070. The van der Waals surface area contributed by atoms with E-state index in [-0.39, 0.29) is 24.1 Å². The fraction of sp³-hybridized carbons (Fsp3) is 0.593. The first-order valence-corrected chi connectivity index (χ1v) is 12.9. The third kappa shape index (κ3) is 7.23. The van der Waals surface area contributed by atoms with Gasteiger partial charge in [-0.3, -0.25) is 4.79 Å². The molecule has 1 aliphatic rings. The number of pyridine rings is 1. The molecule has 8 nitrogen and oxygen atoms in total. The molecule has 1 aliphatic heterocycles. The van der Waals surface area contributed by atoms with Gasteiger partial charge in [0.25, 0.3) is 5.91 Å². The number of amides is 2. The quantitative estimate of drug-likeness (QED) is 0.425. The maximum Gasteiger partial charge on any atom is 0.410 e. The highest BCUT2D eigenvalue weighted by atomic mass is 35.5. The second-order valence-electron chi connectivity index (χ2n) is 10.4. The highest BCUT2D eigenvalue weighted by Crippen LogP contribution is 2.30. The number of nitrogens with zero attached hydrogens (tertiary/aromatic N) is 3. The third-order valence-electron chi connectivity index (χ3n) is 5.93. The second kappa shape index (κ2) is 12.1. The summed E-state index contributed by atoms with van der Waals surface area (Å²) in [6.45, 7) is 11.6. The SMILES string of the molecule is COCCCOc1cc(C(=O)N(C(C)C)[C@@H]2CCCN(C(=O)OC(C)(C)C)C2)nc2ccc(Cl)cc12. The third-order valence-corrected chi connectivity index (χ3v) is 6.17. The minimum atomic E-state index is -0.574. The van der Waals surface area contributed by atoms with Gasteiger partial charge in [-0.25, -0.2) is 9.78 Å². The predicted octanol–water partition coefficient (Wildman–Crippen LogP) is 5.55. The molecule has 1 aromatic carbocycles. The zero-order valence-corrected chi connectivity index (χ0v) is 22.9. The Balaban J connectivity index is 1.88. The molecule has 2 amide bonds. The van der Waals surface area contributed by atoms with Crippen LogP contribution in [0.3, 0.4) is 0 Å². The number of aromatic nitrogens is 1. The molecule has 1 atom stereocenters. The molecule has 0 aliphatic carbocycles. The molecule has 2 heterocycles. The zero-order valence-electron chi connectivity index (χ0n) is 22.2. The molecule has 0 saturated carbocycles. The maximum absolute atomic E-state index is 13.9. The average Bonchev–Trinajstić information content (AvgIpc) is 2.80. The fourth-order valence-corrected chi connectivity index (χ4v) is 4.58. The smallest absolute Gasteiger partial charge is 0.410 e. The molecule has 2 aromatic rings. The van der Waals surface area contributed by atoms with Crippen LogP contribution in [0.4, 0.5) is 4.79 Å². The van der Waals surface area contributed by atoms with Gasteiger partial charge in [0.05, 0.1) is 18.2 Å². The first-order valence-electron chi connectivity index (χ1n) is 12.5. The van der Waals surface area contributed by atoms with Crippen molar-refractivity contribution in [1.82, 2.24) is 14.8 Å². The van der Waals surface area contributed by atoms with Gasteiger partial charge in [0.2, 0.25) is 0 Å². The van der Waals surface area contributed by atoms with Crippen LogP contribution < -0.4 is 4.74 Å². The zero-order chi connectivity index (χ0) is 26.5. The Morgan fingerprint density at radius 2 is 1.97 bits per heavy atom. The molecule has 36 heavy (non-hydrogen) atoms. The number of carbonyl (C=O) groups excluding carboxylic acids is 2. The van der Waals surface area contributed by atoms with Crippen LogP contribution in [-0.4, -0.2) is 77.9 Å². The van der Waals surface area contributed by atoms with Crippen molar-refractivity contribution in [3.8, 4) is 5.75 Å². The fourth-order valence-electron chi connectivity index (χ4n) is 4.41. The maximum atomic E-state index is 13.9. The number of ether oxygens (including phenoxy) is 3. The van der Waals surface area contributed by atoms with Gasteiger partial charge in [0, 0.05) is 55.7 Å². The van der Waals surface area contributed by atoms with Gasteiger partial charge in [-0.05, 0) is 65.7 Å². The van der Waals surface area contributed by atoms with Gasteiger partial charge in [-0.1, -0.05) is 11.6 Å². The number of likely N-dealkylation sites (tertiary alicyclic amines) is 1. The van der Waals surface area contributed by atoms with E-state index in [2.05, 4.69) is 4.98 Å². The van der Waals surface area contributed by atoms with Crippen LogP contribution in [0.5, 0.6) is 5.75 Å². The van der Waals surface area contributed by atoms with Crippen molar-refractivity contribution in [2.45, 2.75) is 71.6 Å². The largest absolute Gasteiger partial charge is 0.493 e. The molecule has 0 N–H and O–H groups in total. The van der Waals surface area contributed by atoms with Crippen molar-refractivity contribution in [2.24, 2.45) is 0 Å². The van der Waals surface area contributed by atoms with E-state index < -0.39 is 5.60 Å². The molecule has 9 heteroatoms. The molecule has 0 spiro atoms. The van der Waals surface area contributed by atoms with Crippen LogP contribution in [0.25, 0.3) is 10.9 Å². The van der Waals surface area contributed by atoms with Crippen LogP contribution >= 0.6 is 11.6 Å². The minimum absolute atomic E-state index is 0.0881. The second-order valence-corrected chi connectivity index (χ2v) is 10.8. The lowest BCUT2D eigenvalue weighted by molar-refractivity contribution is 0.00742. The first kappa shape index (κ1) is 28.0. The van der Waals surface area contributed by atoms with E-state index in [1.807, 2.05) is 39.5 Å². The first-order chi connectivity index (χ1) is 17.0. The van der Waals surface area contributed by atoms with Crippen molar-refractivity contribution < 1.29 is 23.8 Å². The summed E-state index contributed by atoms with van der Waals surface area (Å²) in [6, 6.07) is 6.80. The minimum Gasteiger partial charge on any atom is -0.493 e. The number of piperidine rings is 1. The molecule has 1 saturated heterocycles. The molecule has 3 rings (SSSR count). The summed E-state index contributed by atoms with van der Waals surface area (Å²) < 4.78 is 16.7. The Morgan fingerprint density at radius 3 is 2.64 bits per heavy atom. The summed E-state index contributed by atoms with van der Waals surface area (Å²) in [5.41, 5.74) is 0.360. The molecule has 198 valence electrons. The number of benzene rings is 1. The van der Waals surface area contributed by atoms with Crippen molar-refractivity contribution in [3.63, 3.8) is 0 Å².